The van der Waals surface area contributed by atoms with E-state index in [0.29, 0.717) is 5.11 Å². The molecule has 0 amide bonds. The van der Waals surface area contributed by atoms with E-state index in [1.807, 2.05) is 59.7 Å². The maximum absolute atomic E-state index is 6.39. The highest BCUT2D eigenvalue weighted by Gasteiger charge is 2.65. The van der Waals surface area contributed by atoms with Crippen molar-refractivity contribution >= 4 is 40.1 Å². The van der Waals surface area contributed by atoms with E-state index in [1.54, 1.807) is 0 Å². The molecular formula is C33H25N5S. The van der Waals surface area contributed by atoms with Gasteiger partial charge in [0, 0.05) is 16.8 Å². The third-order valence-corrected chi connectivity index (χ3v) is 7.46. The van der Waals surface area contributed by atoms with Crippen LogP contribution in [0.15, 0.2) is 157 Å². The summed E-state index contributed by atoms with van der Waals surface area (Å²) in [6, 6.07) is 51.7. The summed E-state index contributed by atoms with van der Waals surface area (Å²) in [5.41, 5.74) is 4.90. The van der Waals surface area contributed by atoms with Crippen molar-refractivity contribution in [1.29, 1.82) is 0 Å². The predicted molar refractivity (Wildman–Crippen MR) is 162 cm³/mol. The molecule has 7 rings (SSSR count). The van der Waals surface area contributed by atoms with Crippen LogP contribution in [-0.2, 0) is 5.66 Å². The zero-order chi connectivity index (χ0) is 26.2. The number of hydrazine groups is 2. The van der Waals surface area contributed by atoms with Gasteiger partial charge in [-0.15, -0.1) is 0 Å². The van der Waals surface area contributed by atoms with Crippen LogP contribution in [0.5, 0.6) is 0 Å². The van der Waals surface area contributed by atoms with E-state index in [4.69, 9.17) is 17.3 Å². The van der Waals surface area contributed by atoms with Crippen LogP contribution < -0.4 is 15.0 Å². The second-order valence-electron chi connectivity index (χ2n) is 9.37. The molecule has 0 bridgehead atoms. The molecule has 2 aliphatic rings. The van der Waals surface area contributed by atoms with E-state index in [2.05, 4.69) is 112 Å². The molecule has 0 aromatic heterocycles. The molecule has 2 heterocycles. The lowest BCUT2D eigenvalue weighted by Gasteiger charge is -2.41. The SMILES string of the molecule is S=C1N(c2ccccc2)N2N(c3ccccc3)N=C(c3ccccc3)C2(c2ccccc2)N1c1ccccc1. The molecule has 1 saturated heterocycles. The molecule has 6 heteroatoms. The van der Waals surface area contributed by atoms with Crippen LogP contribution in [-0.4, -0.2) is 15.9 Å². The molecule has 0 spiro atoms. The zero-order valence-corrected chi connectivity index (χ0v) is 21.9. The predicted octanol–water partition coefficient (Wildman–Crippen LogP) is 7.21. The number of hydrogen-bond donors (Lipinski definition) is 0. The molecule has 0 radical (unpaired) electrons. The Labute approximate surface area is 233 Å². The topological polar surface area (TPSA) is 25.3 Å². The Morgan fingerprint density at radius 1 is 0.513 bits per heavy atom. The van der Waals surface area contributed by atoms with E-state index < -0.39 is 5.66 Å². The molecule has 1 fully saturated rings. The van der Waals surface area contributed by atoms with Crippen LogP contribution in [0.2, 0.25) is 0 Å². The van der Waals surface area contributed by atoms with Gasteiger partial charge in [0.1, 0.15) is 5.71 Å². The number of benzene rings is 5. The largest absolute Gasteiger partial charge is 0.285 e. The lowest BCUT2D eigenvalue weighted by molar-refractivity contribution is 0.195. The Balaban J connectivity index is 1.60. The van der Waals surface area contributed by atoms with Crippen LogP contribution in [0.3, 0.4) is 0 Å². The summed E-state index contributed by atoms with van der Waals surface area (Å²) < 4.78 is 0. The summed E-state index contributed by atoms with van der Waals surface area (Å²) in [5.74, 6) is 0. The van der Waals surface area contributed by atoms with Gasteiger partial charge in [0.2, 0.25) is 5.66 Å². The lowest BCUT2D eigenvalue weighted by atomic mass is 9.88. The van der Waals surface area contributed by atoms with Gasteiger partial charge >= 0.3 is 0 Å². The van der Waals surface area contributed by atoms with E-state index >= 15 is 0 Å². The Morgan fingerprint density at radius 3 is 1.54 bits per heavy atom. The summed E-state index contributed by atoms with van der Waals surface area (Å²) in [6.07, 6.45) is 0. The molecule has 2 aliphatic heterocycles. The highest BCUT2D eigenvalue weighted by atomic mass is 32.1. The van der Waals surface area contributed by atoms with Gasteiger partial charge < -0.3 is 0 Å². The van der Waals surface area contributed by atoms with Gasteiger partial charge in [0.05, 0.1) is 11.4 Å². The highest BCUT2D eigenvalue weighted by molar-refractivity contribution is 7.80. The van der Waals surface area contributed by atoms with Gasteiger partial charge in [0.15, 0.2) is 5.11 Å². The lowest BCUT2D eigenvalue weighted by Crippen LogP contribution is -2.58. The minimum Gasteiger partial charge on any atom is -0.285 e. The number of anilines is 3. The van der Waals surface area contributed by atoms with Gasteiger partial charge in [-0.2, -0.15) is 10.2 Å². The molecule has 1 atom stereocenters. The normalized spacial score (nSPS) is 18.8. The molecule has 5 nitrogen and oxygen atoms in total. The molecule has 0 aliphatic carbocycles. The van der Waals surface area contributed by atoms with Crippen LogP contribution in [0.25, 0.3) is 0 Å². The third-order valence-electron chi connectivity index (χ3n) is 7.11. The number of nitrogens with zero attached hydrogens (tertiary/aromatic N) is 5. The summed E-state index contributed by atoms with van der Waals surface area (Å²) >= 11 is 6.39. The van der Waals surface area contributed by atoms with Crippen molar-refractivity contribution < 1.29 is 0 Å². The second kappa shape index (κ2) is 9.51. The smallest absolute Gasteiger partial charge is 0.211 e. The summed E-state index contributed by atoms with van der Waals surface area (Å²) in [4.78, 5) is 2.24. The van der Waals surface area contributed by atoms with Gasteiger partial charge in [-0.3, -0.25) is 4.90 Å². The number of hydrogen-bond acceptors (Lipinski definition) is 4. The Hall–Kier alpha value is -4.78. The Morgan fingerprint density at radius 2 is 0.974 bits per heavy atom. The average Bonchev–Trinajstić information content (AvgIpc) is 3.49. The molecule has 1 unspecified atom stereocenters. The number of para-hydroxylation sites is 3. The fraction of sp³-hybridized carbons (Fsp3) is 0.0303. The summed E-state index contributed by atoms with van der Waals surface area (Å²) in [7, 11) is 0. The average molecular weight is 524 g/mol. The van der Waals surface area contributed by atoms with E-state index in [0.717, 1.165) is 33.9 Å². The summed E-state index contributed by atoms with van der Waals surface area (Å²) in [5, 5.41) is 12.3. The van der Waals surface area contributed by atoms with Crippen molar-refractivity contribution in [3.63, 3.8) is 0 Å². The Kier molecular flexibility index (Phi) is 5.69. The van der Waals surface area contributed by atoms with E-state index in [-0.39, 0.29) is 0 Å². The molecule has 0 saturated carbocycles. The number of hydrazone groups is 1. The van der Waals surface area contributed by atoms with Crippen LogP contribution >= 0.6 is 12.2 Å². The van der Waals surface area contributed by atoms with Gasteiger partial charge in [-0.05, 0) is 48.6 Å². The van der Waals surface area contributed by atoms with Crippen molar-refractivity contribution in [3.8, 4) is 0 Å². The van der Waals surface area contributed by atoms with E-state index in [9.17, 15) is 0 Å². The first-order valence-corrected chi connectivity index (χ1v) is 13.3. The van der Waals surface area contributed by atoms with Gasteiger partial charge in [0.25, 0.3) is 0 Å². The van der Waals surface area contributed by atoms with Gasteiger partial charge in [-0.1, -0.05) is 120 Å². The third kappa shape index (κ3) is 3.57. The minimum absolute atomic E-state index is 0.653. The molecular weight excluding hydrogens is 498 g/mol. The van der Waals surface area contributed by atoms with Crippen molar-refractivity contribution in [3.05, 3.63) is 163 Å². The molecule has 0 N–H and O–H groups in total. The quantitative estimate of drug-likeness (QED) is 0.227. The highest BCUT2D eigenvalue weighted by Crippen LogP contribution is 2.52. The minimum atomic E-state index is -0.910. The van der Waals surface area contributed by atoms with Crippen molar-refractivity contribution in [2.45, 2.75) is 5.66 Å². The van der Waals surface area contributed by atoms with Crippen LogP contribution in [0.1, 0.15) is 11.1 Å². The van der Waals surface area contributed by atoms with Crippen LogP contribution in [0.4, 0.5) is 17.1 Å². The monoisotopic (exact) mass is 523 g/mol. The standard InChI is InChI=1S/C33H25N5S/c39-32-35(28-20-10-3-11-21-28)33(27-18-8-2-9-19-27)31(26-16-6-1-7-17-26)34-37(30-24-14-5-15-25-30)38(33)36(32)29-22-12-4-13-23-29/h1-25H. The Bertz CT molecular complexity index is 1630. The first-order valence-electron chi connectivity index (χ1n) is 12.9. The first-order chi connectivity index (χ1) is 19.3. The molecule has 39 heavy (non-hydrogen) atoms. The summed E-state index contributed by atoms with van der Waals surface area (Å²) in [6.45, 7) is 0. The zero-order valence-electron chi connectivity index (χ0n) is 21.1. The first kappa shape index (κ1) is 23.3. The number of fused-ring (bicyclic) bond motifs is 1. The number of thiocarbonyl (C=S) groups is 1. The molecule has 188 valence electrons. The van der Waals surface area contributed by atoms with Crippen LogP contribution in [0, 0.1) is 0 Å². The molecule has 5 aromatic carbocycles. The van der Waals surface area contributed by atoms with E-state index in [1.165, 1.54) is 0 Å². The molecule has 5 aromatic rings. The van der Waals surface area contributed by atoms with Crippen molar-refractivity contribution in [2.24, 2.45) is 5.10 Å². The van der Waals surface area contributed by atoms with Crippen molar-refractivity contribution in [1.82, 2.24) is 5.12 Å². The second-order valence-corrected chi connectivity index (χ2v) is 9.73. The fourth-order valence-corrected chi connectivity index (χ4v) is 5.90. The fourth-order valence-electron chi connectivity index (χ4n) is 5.48. The maximum atomic E-state index is 6.39. The maximum Gasteiger partial charge on any atom is 0.211 e. The van der Waals surface area contributed by atoms with Crippen molar-refractivity contribution in [2.75, 3.05) is 15.0 Å². The number of rotatable bonds is 5. The van der Waals surface area contributed by atoms with Gasteiger partial charge in [-0.25, -0.2) is 5.01 Å².